The lowest BCUT2D eigenvalue weighted by Gasteiger charge is -2.22. The third-order valence-electron chi connectivity index (χ3n) is 5.50. The Labute approximate surface area is 186 Å². The molecule has 31 heavy (non-hydrogen) atoms. The molecule has 1 aromatic heterocycles. The minimum atomic E-state index is -0.512. The van der Waals surface area contributed by atoms with E-state index in [1.54, 1.807) is 12.1 Å². The summed E-state index contributed by atoms with van der Waals surface area (Å²) in [6, 6.07) is 13.6. The predicted molar refractivity (Wildman–Crippen MR) is 126 cm³/mol. The van der Waals surface area contributed by atoms with Gasteiger partial charge in [0.25, 0.3) is 0 Å². The van der Waals surface area contributed by atoms with Crippen molar-refractivity contribution in [3.8, 4) is 10.6 Å². The Bertz CT molecular complexity index is 1090. The average Bonchev–Trinajstić information content (AvgIpc) is 3.46. The van der Waals surface area contributed by atoms with Gasteiger partial charge in [0.05, 0.1) is 23.5 Å². The monoisotopic (exact) mass is 434 g/mol. The highest BCUT2D eigenvalue weighted by Gasteiger charge is 2.19. The molecule has 6 nitrogen and oxygen atoms in total. The van der Waals surface area contributed by atoms with E-state index in [4.69, 9.17) is 5.73 Å². The van der Waals surface area contributed by atoms with Crippen LogP contribution in [0.4, 0.5) is 11.4 Å². The second-order valence-electron chi connectivity index (χ2n) is 7.71. The maximum atomic E-state index is 12.8. The van der Waals surface area contributed by atoms with Gasteiger partial charge in [-0.15, -0.1) is 11.3 Å². The van der Waals surface area contributed by atoms with Gasteiger partial charge in [-0.3, -0.25) is 9.59 Å². The van der Waals surface area contributed by atoms with Crippen molar-refractivity contribution in [2.75, 3.05) is 23.3 Å². The van der Waals surface area contributed by atoms with Crippen molar-refractivity contribution in [2.45, 2.75) is 32.6 Å². The predicted octanol–water partition coefficient (Wildman–Crippen LogP) is 4.25. The van der Waals surface area contributed by atoms with Crippen LogP contribution < -0.4 is 16.0 Å². The molecule has 0 saturated carbocycles. The molecule has 0 atom stereocenters. The molecule has 4 rings (SSSR count). The number of amides is 2. The minimum absolute atomic E-state index is 0.166. The Morgan fingerprint density at radius 3 is 2.55 bits per heavy atom. The number of aryl methyl sites for hydroxylation is 1. The smallest absolute Gasteiger partial charge is 0.248 e. The fourth-order valence-electron chi connectivity index (χ4n) is 3.79. The largest absolute Gasteiger partial charge is 0.370 e. The topological polar surface area (TPSA) is 88.3 Å². The first-order chi connectivity index (χ1) is 15.0. The van der Waals surface area contributed by atoms with Gasteiger partial charge in [0, 0.05) is 29.6 Å². The van der Waals surface area contributed by atoms with Gasteiger partial charge in [-0.05, 0) is 43.0 Å². The molecule has 0 bridgehead atoms. The molecule has 7 heteroatoms. The molecule has 2 amide bonds. The van der Waals surface area contributed by atoms with Crippen LogP contribution in [-0.4, -0.2) is 29.9 Å². The van der Waals surface area contributed by atoms with Crippen LogP contribution in [0.5, 0.6) is 0 Å². The lowest BCUT2D eigenvalue weighted by Crippen LogP contribution is -2.23. The van der Waals surface area contributed by atoms with Crippen molar-refractivity contribution in [3.63, 3.8) is 0 Å². The van der Waals surface area contributed by atoms with Gasteiger partial charge < -0.3 is 16.0 Å². The Balaban J connectivity index is 1.49. The zero-order chi connectivity index (χ0) is 21.8. The number of benzene rings is 2. The number of anilines is 2. The molecule has 160 valence electrons. The van der Waals surface area contributed by atoms with Crippen LogP contribution in [-0.2, 0) is 17.6 Å². The first kappa shape index (κ1) is 21.1. The summed E-state index contributed by atoms with van der Waals surface area (Å²) in [6.07, 6.45) is 3.40. The number of thiazole rings is 1. The zero-order valence-corrected chi connectivity index (χ0v) is 18.4. The third-order valence-corrected chi connectivity index (χ3v) is 6.44. The highest BCUT2D eigenvalue weighted by atomic mass is 32.1. The number of hydrogen-bond donors (Lipinski definition) is 2. The Hall–Kier alpha value is -3.19. The Morgan fingerprint density at radius 1 is 1.13 bits per heavy atom. The molecule has 2 aromatic carbocycles. The van der Waals surface area contributed by atoms with Crippen LogP contribution >= 0.6 is 11.3 Å². The molecule has 1 saturated heterocycles. The number of aromatic nitrogens is 1. The molecule has 0 radical (unpaired) electrons. The quantitative estimate of drug-likeness (QED) is 0.582. The standard InChI is InChI=1S/C24H26N4O2S/c1-2-16-5-7-17(8-6-16)24-26-19(15-31-24)14-22(29)27-20-13-18(23(25)30)9-10-21(20)28-11-3-4-12-28/h5-10,13,15H,2-4,11-12,14H2,1H3,(H2,25,30)(H,27,29). The molecule has 0 unspecified atom stereocenters. The average molecular weight is 435 g/mol. The molecule has 0 aliphatic carbocycles. The summed E-state index contributed by atoms with van der Waals surface area (Å²) in [5.74, 6) is -0.679. The molecule has 3 aromatic rings. The fraction of sp³-hybridized carbons (Fsp3) is 0.292. The maximum absolute atomic E-state index is 12.8. The SMILES string of the molecule is CCc1ccc(-c2nc(CC(=O)Nc3cc(C(N)=O)ccc3N3CCCC3)cs2)cc1. The van der Waals surface area contributed by atoms with Crippen LogP contribution in [0.3, 0.4) is 0 Å². The number of carbonyl (C=O) groups excluding carboxylic acids is 2. The fourth-order valence-corrected chi connectivity index (χ4v) is 4.61. The van der Waals surface area contributed by atoms with Crippen LogP contribution in [0.1, 0.15) is 41.4 Å². The van der Waals surface area contributed by atoms with Crippen molar-refractivity contribution in [1.82, 2.24) is 4.98 Å². The van der Waals surface area contributed by atoms with E-state index in [0.717, 1.165) is 54.3 Å². The van der Waals surface area contributed by atoms with E-state index in [9.17, 15) is 9.59 Å². The number of nitrogens with one attached hydrogen (secondary N) is 1. The highest BCUT2D eigenvalue weighted by molar-refractivity contribution is 7.13. The first-order valence-electron chi connectivity index (χ1n) is 10.6. The number of primary amides is 1. The second-order valence-corrected chi connectivity index (χ2v) is 8.57. The summed E-state index contributed by atoms with van der Waals surface area (Å²) >= 11 is 1.53. The molecule has 1 aliphatic rings. The van der Waals surface area contributed by atoms with E-state index >= 15 is 0 Å². The minimum Gasteiger partial charge on any atom is -0.370 e. The third kappa shape index (κ3) is 4.94. The Kier molecular flexibility index (Phi) is 6.32. The van der Waals surface area contributed by atoms with Crippen molar-refractivity contribution in [3.05, 3.63) is 64.7 Å². The van der Waals surface area contributed by atoms with Crippen LogP contribution in [0.2, 0.25) is 0 Å². The van der Waals surface area contributed by atoms with Crippen molar-refractivity contribution >= 4 is 34.5 Å². The molecule has 2 heterocycles. The van der Waals surface area contributed by atoms with Crippen LogP contribution in [0.25, 0.3) is 10.6 Å². The van der Waals surface area contributed by atoms with Crippen molar-refractivity contribution in [1.29, 1.82) is 0 Å². The van der Waals surface area contributed by atoms with Gasteiger partial charge in [0.2, 0.25) is 11.8 Å². The maximum Gasteiger partial charge on any atom is 0.248 e. The second kappa shape index (κ2) is 9.31. The summed E-state index contributed by atoms with van der Waals surface area (Å²) in [7, 11) is 0. The number of nitrogens with two attached hydrogens (primary N) is 1. The highest BCUT2D eigenvalue weighted by Crippen LogP contribution is 2.30. The van der Waals surface area contributed by atoms with Gasteiger partial charge in [-0.2, -0.15) is 0 Å². The molecule has 1 aliphatic heterocycles. The Morgan fingerprint density at radius 2 is 1.87 bits per heavy atom. The summed E-state index contributed by atoms with van der Waals surface area (Å²) in [6.45, 7) is 4.00. The molecular formula is C24H26N4O2S. The first-order valence-corrected chi connectivity index (χ1v) is 11.4. The number of hydrogen-bond acceptors (Lipinski definition) is 5. The van der Waals surface area contributed by atoms with Crippen molar-refractivity contribution in [2.24, 2.45) is 5.73 Å². The van der Waals surface area contributed by atoms with Gasteiger partial charge in [0.1, 0.15) is 5.01 Å². The van der Waals surface area contributed by atoms with Crippen LogP contribution in [0.15, 0.2) is 47.8 Å². The van der Waals surface area contributed by atoms with E-state index in [-0.39, 0.29) is 12.3 Å². The van der Waals surface area contributed by atoms with Gasteiger partial charge in [0.15, 0.2) is 0 Å². The van der Waals surface area contributed by atoms with Crippen molar-refractivity contribution < 1.29 is 9.59 Å². The molecule has 3 N–H and O–H groups in total. The summed E-state index contributed by atoms with van der Waals surface area (Å²) < 4.78 is 0. The van der Waals surface area contributed by atoms with E-state index < -0.39 is 5.91 Å². The lowest BCUT2D eigenvalue weighted by atomic mass is 10.1. The van der Waals surface area contributed by atoms with E-state index in [2.05, 4.69) is 46.4 Å². The van der Waals surface area contributed by atoms with E-state index in [1.807, 2.05) is 11.4 Å². The molecule has 0 spiro atoms. The normalized spacial score (nSPS) is 13.4. The molecule has 1 fully saturated rings. The van der Waals surface area contributed by atoms with Gasteiger partial charge in [-0.25, -0.2) is 4.98 Å². The summed E-state index contributed by atoms with van der Waals surface area (Å²) in [4.78, 5) is 31.3. The van der Waals surface area contributed by atoms with E-state index in [1.165, 1.54) is 16.9 Å². The van der Waals surface area contributed by atoms with Gasteiger partial charge in [-0.1, -0.05) is 31.2 Å². The van der Waals surface area contributed by atoms with Crippen LogP contribution in [0, 0.1) is 0 Å². The molecular weight excluding hydrogens is 408 g/mol. The number of carbonyl (C=O) groups is 2. The summed E-state index contributed by atoms with van der Waals surface area (Å²) in [5, 5.41) is 5.79. The lowest BCUT2D eigenvalue weighted by molar-refractivity contribution is -0.115. The number of nitrogens with zero attached hydrogens (tertiary/aromatic N) is 2. The number of rotatable bonds is 7. The summed E-state index contributed by atoms with van der Waals surface area (Å²) in [5.41, 5.74) is 10.4. The van der Waals surface area contributed by atoms with Gasteiger partial charge >= 0.3 is 0 Å². The zero-order valence-electron chi connectivity index (χ0n) is 17.6. The van der Waals surface area contributed by atoms with E-state index in [0.29, 0.717) is 11.3 Å².